The number of amides is 7. The van der Waals surface area contributed by atoms with Gasteiger partial charge in [-0.25, -0.2) is 0 Å². The summed E-state index contributed by atoms with van der Waals surface area (Å²) in [6, 6.07) is 7.23. The molecular formula is C49H70ClN15O9. The molecule has 0 unspecified atom stereocenters. The topological polar surface area (TPSA) is 422 Å². The Morgan fingerprint density at radius 2 is 1.47 bits per heavy atom. The first-order valence-electron chi connectivity index (χ1n) is 24.4. The fourth-order valence-corrected chi connectivity index (χ4v) is 8.71. The summed E-state index contributed by atoms with van der Waals surface area (Å²) >= 11 is 6.33. The van der Waals surface area contributed by atoms with E-state index in [1.807, 2.05) is 24.3 Å². The zero-order valence-electron chi connectivity index (χ0n) is 41.5. The van der Waals surface area contributed by atoms with E-state index in [2.05, 4.69) is 46.9 Å². The zero-order chi connectivity index (χ0) is 54.3. The van der Waals surface area contributed by atoms with Gasteiger partial charge in [0.05, 0.1) is 6.04 Å². The molecule has 1 aliphatic heterocycles. The van der Waals surface area contributed by atoms with E-state index in [9.17, 15) is 43.2 Å². The van der Waals surface area contributed by atoms with Crippen molar-refractivity contribution in [3.63, 3.8) is 0 Å². The van der Waals surface area contributed by atoms with Gasteiger partial charge < -0.3 is 71.3 Å². The average molecular weight is 1050 g/mol. The van der Waals surface area contributed by atoms with Gasteiger partial charge in [-0.05, 0) is 87.1 Å². The highest BCUT2D eigenvalue weighted by molar-refractivity contribution is 6.30. The molecule has 402 valence electrons. The van der Waals surface area contributed by atoms with Gasteiger partial charge >= 0.3 is 0 Å². The van der Waals surface area contributed by atoms with Crippen LogP contribution in [0.1, 0.15) is 82.3 Å². The van der Waals surface area contributed by atoms with Gasteiger partial charge in [-0.2, -0.15) is 0 Å². The number of rotatable bonds is 17. The monoisotopic (exact) mass is 1050 g/mol. The first kappa shape index (κ1) is 59.0. The first-order chi connectivity index (χ1) is 35.2. The summed E-state index contributed by atoms with van der Waals surface area (Å²) in [6.45, 7) is 0.937. The van der Waals surface area contributed by atoms with Crippen LogP contribution in [-0.2, 0) is 56.0 Å². The van der Waals surface area contributed by atoms with Crippen molar-refractivity contribution < 1.29 is 43.2 Å². The molecule has 1 saturated heterocycles. The SMILES string of the molecule is CC(=O)N[C@@H](CCCN=C(N)N)C(=O)N[C@H]1CCC(=O)NCCC[C@@H](C(N)=O)NC(=O)[C@H](Cc2c[nH]c3ccccc23)CC(=O)[C@H](CCCN=C(N)N)CC(=O)[C@@H](Cc2cccc(Cl)c2)NC(=O)[C@H](CN)NC1=O. The number of primary amides is 1. The van der Waals surface area contributed by atoms with Gasteiger partial charge in [-0.3, -0.25) is 53.1 Å². The van der Waals surface area contributed by atoms with E-state index in [1.165, 1.54) is 6.92 Å². The molecule has 7 atom stereocenters. The number of aromatic nitrogens is 1. The third-order valence-electron chi connectivity index (χ3n) is 12.4. The van der Waals surface area contributed by atoms with Gasteiger partial charge in [0.1, 0.15) is 30.0 Å². The van der Waals surface area contributed by atoms with Crippen LogP contribution in [0.25, 0.3) is 10.9 Å². The summed E-state index contributed by atoms with van der Waals surface area (Å²) in [5, 5.41) is 16.9. The Labute approximate surface area is 433 Å². The smallest absolute Gasteiger partial charge is 0.244 e. The summed E-state index contributed by atoms with van der Waals surface area (Å²) in [5.41, 5.74) is 35.9. The molecule has 0 spiro atoms. The number of benzene rings is 2. The maximum atomic E-state index is 14.7. The quantitative estimate of drug-likeness (QED) is 0.0414. The number of guanidine groups is 2. The van der Waals surface area contributed by atoms with E-state index in [1.54, 1.807) is 30.5 Å². The van der Waals surface area contributed by atoms with Crippen molar-refractivity contribution in [3.05, 3.63) is 70.9 Å². The lowest BCUT2D eigenvalue weighted by Gasteiger charge is -2.27. The number of carbonyl (C=O) groups is 9. The van der Waals surface area contributed by atoms with Crippen LogP contribution in [-0.4, -0.2) is 126 Å². The van der Waals surface area contributed by atoms with Crippen molar-refractivity contribution in [2.45, 2.75) is 114 Å². The molecule has 4 rings (SSSR count). The highest BCUT2D eigenvalue weighted by Gasteiger charge is 2.35. The van der Waals surface area contributed by atoms with Crippen LogP contribution in [0.2, 0.25) is 5.02 Å². The van der Waals surface area contributed by atoms with Crippen molar-refractivity contribution in [3.8, 4) is 0 Å². The Morgan fingerprint density at radius 3 is 2.15 bits per heavy atom. The minimum absolute atomic E-state index is 0.000688. The highest BCUT2D eigenvalue weighted by atomic mass is 35.5. The molecule has 2 heterocycles. The number of H-pyrrole nitrogens is 1. The third-order valence-corrected chi connectivity index (χ3v) is 12.6. The van der Waals surface area contributed by atoms with Crippen LogP contribution in [0.3, 0.4) is 0 Å². The van der Waals surface area contributed by atoms with Gasteiger partial charge in [-0.1, -0.05) is 41.9 Å². The summed E-state index contributed by atoms with van der Waals surface area (Å²) in [5.74, 6) is -8.78. The predicted molar refractivity (Wildman–Crippen MR) is 278 cm³/mol. The number of nitrogens with zero attached hydrogens (tertiary/aromatic N) is 2. The number of fused-ring (bicyclic) bond motifs is 1. The van der Waals surface area contributed by atoms with Crippen molar-refractivity contribution >= 4 is 87.3 Å². The first-order valence-corrected chi connectivity index (χ1v) is 24.8. The average Bonchev–Trinajstić information content (AvgIpc) is 3.75. The molecule has 0 aliphatic carbocycles. The third kappa shape index (κ3) is 19.8. The van der Waals surface area contributed by atoms with Gasteiger partial charge in [0.2, 0.25) is 41.4 Å². The molecule has 0 bridgehead atoms. The van der Waals surface area contributed by atoms with Crippen LogP contribution in [0.5, 0.6) is 0 Å². The normalized spacial score (nSPS) is 21.4. The number of para-hydroxylation sites is 1. The zero-order valence-corrected chi connectivity index (χ0v) is 42.2. The number of hydrogen-bond acceptors (Lipinski definition) is 12. The Balaban J connectivity index is 1.75. The number of nitrogens with one attached hydrogen (secondary N) is 7. The van der Waals surface area contributed by atoms with E-state index in [0.717, 1.165) is 10.9 Å². The molecule has 3 aromatic rings. The largest absolute Gasteiger partial charge is 0.370 e. The number of aromatic amines is 1. The number of ketones is 2. The lowest BCUT2D eigenvalue weighted by atomic mass is 9.83. The van der Waals surface area contributed by atoms with Crippen LogP contribution in [0.15, 0.2) is 64.7 Å². The van der Waals surface area contributed by atoms with Gasteiger partial charge in [-0.15, -0.1) is 0 Å². The molecule has 74 heavy (non-hydrogen) atoms. The van der Waals surface area contributed by atoms with Crippen LogP contribution < -0.4 is 66.3 Å². The predicted octanol–water partition coefficient (Wildman–Crippen LogP) is -1.56. The Bertz CT molecular complexity index is 2530. The summed E-state index contributed by atoms with van der Waals surface area (Å²) in [7, 11) is 0. The minimum Gasteiger partial charge on any atom is -0.370 e. The number of hydrogen-bond donors (Lipinski definition) is 13. The van der Waals surface area contributed by atoms with Crippen LogP contribution in [0.4, 0.5) is 0 Å². The lowest BCUT2D eigenvalue weighted by Crippen LogP contribution is -2.59. The maximum absolute atomic E-state index is 14.7. The molecule has 0 radical (unpaired) electrons. The second kappa shape index (κ2) is 29.8. The lowest BCUT2D eigenvalue weighted by molar-refractivity contribution is -0.135. The summed E-state index contributed by atoms with van der Waals surface area (Å²) in [4.78, 5) is 135. The molecule has 1 fully saturated rings. The second-order valence-corrected chi connectivity index (χ2v) is 18.6. The molecule has 24 nitrogen and oxygen atoms in total. The van der Waals surface area contributed by atoms with E-state index in [4.69, 9.17) is 46.0 Å². The number of nitrogens with two attached hydrogens (primary N) is 6. The van der Waals surface area contributed by atoms with Crippen LogP contribution >= 0.6 is 11.6 Å². The molecule has 25 heteroatoms. The van der Waals surface area contributed by atoms with Crippen LogP contribution in [0, 0.1) is 11.8 Å². The van der Waals surface area contributed by atoms with Crippen molar-refractivity contribution in [1.29, 1.82) is 0 Å². The van der Waals surface area contributed by atoms with E-state index in [-0.39, 0.29) is 102 Å². The molecule has 0 saturated carbocycles. The molecule has 19 N–H and O–H groups in total. The Morgan fingerprint density at radius 1 is 0.784 bits per heavy atom. The molecule has 7 amide bonds. The second-order valence-electron chi connectivity index (χ2n) is 18.2. The van der Waals surface area contributed by atoms with Gasteiger partial charge in [0.15, 0.2) is 17.7 Å². The number of aliphatic imine (C=N–C) groups is 2. The highest BCUT2D eigenvalue weighted by Crippen LogP contribution is 2.26. The summed E-state index contributed by atoms with van der Waals surface area (Å²) < 4.78 is 0. The van der Waals surface area contributed by atoms with E-state index < -0.39 is 108 Å². The number of Topliss-reactive ketones (excluding diaryl/α,β-unsaturated/α-hetero) is 2. The van der Waals surface area contributed by atoms with E-state index in [0.29, 0.717) is 16.1 Å². The Kier molecular flexibility index (Phi) is 23.7. The Hall–Kier alpha value is -7.60. The molecular weight excluding hydrogens is 978 g/mol. The van der Waals surface area contributed by atoms with E-state index >= 15 is 0 Å². The van der Waals surface area contributed by atoms with Crippen molar-refractivity contribution in [2.24, 2.45) is 56.2 Å². The number of carbonyl (C=O) groups excluding carboxylic acids is 9. The molecule has 2 aromatic carbocycles. The number of halogens is 1. The van der Waals surface area contributed by atoms with Crippen molar-refractivity contribution in [1.82, 2.24) is 36.9 Å². The molecule has 1 aliphatic rings. The standard InChI is InChI=1S/C49H70ClN15O9/c1-27(66)61-36(14-7-19-59-49(55)56)45(72)63-37-15-16-42(69)57-17-6-13-35(43(52)70)62-44(71)30(22-31-26-60-34-12-3-2-11-33(31)34)24-40(67)29(9-5-18-58-48(53)54)23-41(68)38(21-28-8-4-10-32(50)20-28)64-47(74)39(25-51)65-46(37)73/h2-4,8,10-12,20,26,29-30,35-39,60H,5-7,9,13-19,21-25,51H2,1H3,(H2,52,70)(H,57,69)(H,61,66)(H,62,71)(H,63,72)(H,64,74)(H,65,73)(H4,53,54,58)(H4,55,56,59)/t29-,30-,35+,36+,37+,38-,39+/m1/s1. The minimum atomic E-state index is -1.50. The maximum Gasteiger partial charge on any atom is 0.244 e. The fraction of sp³-hybridized carbons (Fsp3) is 0.490. The summed E-state index contributed by atoms with van der Waals surface area (Å²) in [6.07, 6.45) is 0.981. The van der Waals surface area contributed by atoms with Gasteiger partial charge in [0, 0.05) is 86.3 Å². The molecule has 1 aromatic heterocycles. The van der Waals surface area contributed by atoms with Gasteiger partial charge in [0.25, 0.3) is 0 Å². The van der Waals surface area contributed by atoms with Crippen molar-refractivity contribution in [2.75, 3.05) is 26.2 Å². The fourth-order valence-electron chi connectivity index (χ4n) is 8.49.